The summed E-state index contributed by atoms with van der Waals surface area (Å²) in [6.07, 6.45) is 5.87. The number of aryl methyl sites for hydroxylation is 2. The van der Waals surface area contributed by atoms with E-state index < -0.39 is 5.91 Å². The first-order chi connectivity index (χ1) is 11.0. The maximum atomic E-state index is 12.1. The van der Waals surface area contributed by atoms with Gasteiger partial charge in [0, 0.05) is 36.5 Å². The Morgan fingerprint density at radius 3 is 2.57 bits per heavy atom. The molecule has 1 saturated carbocycles. The van der Waals surface area contributed by atoms with E-state index in [1.807, 2.05) is 0 Å². The molecular weight excluding hydrogens is 294 g/mol. The van der Waals surface area contributed by atoms with Crippen LogP contribution in [0.3, 0.4) is 0 Å². The van der Waals surface area contributed by atoms with Gasteiger partial charge in [-0.1, -0.05) is 19.3 Å². The first-order valence-electron chi connectivity index (χ1n) is 8.25. The van der Waals surface area contributed by atoms with Crippen LogP contribution < -0.4 is 16.1 Å². The molecule has 126 valence electrons. The van der Waals surface area contributed by atoms with Gasteiger partial charge in [-0.15, -0.1) is 0 Å². The molecule has 1 fully saturated rings. The van der Waals surface area contributed by atoms with Crippen molar-refractivity contribution >= 4 is 11.8 Å². The van der Waals surface area contributed by atoms with Crippen LogP contribution in [-0.4, -0.2) is 29.4 Å². The van der Waals surface area contributed by atoms with Crippen LogP contribution in [-0.2, 0) is 4.79 Å². The smallest absolute Gasteiger partial charge is 0.257 e. The van der Waals surface area contributed by atoms with Crippen molar-refractivity contribution in [2.75, 3.05) is 6.54 Å². The zero-order valence-corrected chi connectivity index (χ0v) is 13.8. The quantitative estimate of drug-likeness (QED) is 0.769. The summed E-state index contributed by atoms with van der Waals surface area (Å²) in [5.74, 6) is -0.485. The predicted molar refractivity (Wildman–Crippen MR) is 88.5 cm³/mol. The van der Waals surface area contributed by atoms with Gasteiger partial charge in [0.25, 0.3) is 5.91 Å². The van der Waals surface area contributed by atoms with E-state index in [9.17, 15) is 14.4 Å². The Morgan fingerprint density at radius 1 is 1.22 bits per heavy atom. The molecule has 6 heteroatoms. The molecule has 0 bridgehead atoms. The zero-order valence-electron chi connectivity index (χ0n) is 13.8. The van der Waals surface area contributed by atoms with E-state index in [2.05, 4.69) is 15.6 Å². The maximum Gasteiger partial charge on any atom is 0.257 e. The third kappa shape index (κ3) is 4.94. The van der Waals surface area contributed by atoms with E-state index in [0.29, 0.717) is 5.69 Å². The van der Waals surface area contributed by atoms with Crippen molar-refractivity contribution in [2.45, 2.75) is 58.4 Å². The molecule has 2 amide bonds. The van der Waals surface area contributed by atoms with Gasteiger partial charge in [0.1, 0.15) is 5.56 Å². The van der Waals surface area contributed by atoms with Crippen molar-refractivity contribution in [1.82, 2.24) is 15.6 Å². The lowest BCUT2D eigenvalue weighted by Crippen LogP contribution is -2.38. The standard InChI is InChI=1S/C17H25N3O3/c1-11-10-14(21)16(12(2)19-11)17(23)18-9-8-15(22)20-13-6-4-3-5-7-13/h10,13H,3-9H2,1-2H3,(H,18,23)(H,19,21)(H,20,22). The van der Waals surface area contributed by atoms with E-state index in [4.69, 9.17) is 0 Å². The molecule has 0 aromatic carbocycles. The number of carbonyl (C=O) groups excluding carboxylic acids is 2. The minimum atomic E-state index is -0.436. The number of H-pyrrole nitrogens is 1. The predicted octanol–water partition coefficient (Wildman–Crippen LogP) is 1.56. The number of rotatable bonds is 5. The van der Waals surface area contributed by atoms with Crippen LogP contribution in [0.15, 0.2) is 10.9 Å². The Morgan fingerprint density at radius 2 is 1.91 bits per heavy atom. The van der Waals surface area contributed by atoms with E-state index in [0.717, 1.165) is 31.4 Å². The number of aromatic nitrogens is 1. The fourth-order valence-corrected chi connectivity index (χ4v) is 3.05. The molecule has 0 aliphatic heterocycles. The molecule has 2 rings (SSSR count). The van der Waals surface area contributed by atoms with Crippen LogP contribution in [0.1, 0.15) is 60.3 Å². The molecule has 6 nitrogen and oxygen atoms in total. The summed E-state index contributed by atoms with van der Waals surface area (Å²) in [7, 11) is 0. The minimum absolute atomic E-state index is 0.0493. The van der Waals surface area contributed by atoms with Crippen LogP contribution >= 0.6 is 0 Å². The summed E-state index contributed by atoms with van der Waals surface area (Å²) in [6.45, 7) is 3.69. The van der Waals surface area contributed by atoms with Crippen LogP contribution in [0.25, 0.3) is 0 Å². The van der Waals surface area contributed by atoms with Gasteiger partial charge < -0.3 is 15.6 Å². The van der Waals surface area contributed by atoms with Gasteiger partial charge in [-0.3, -0.25) is 14.4 Å². The number of hydrogen-bond acceptors (Lipinski definition) is 3. The number of nitrogens with one attached hydrogen (secondary N) is 3. The van der Waals surface area contributed by atoms with Gasteiger partial charge in [-0.05, 0) is 26.7 Å². The van der Waals surface area contributed by atoms with Gasteiger partial charge in [0.2, 0.25) is 5.91 Å². The molecule has 0 atom stereocenters. The molecular formula is C17H25N3O3. The Balaban J connectivity index is 1.80. The number of pyridine rings is 1. The minimum Gasteiger partial charge on any atom is -0.362 e. The fourth-order valence-electron chi connectivity index (χ4n) is 3.05. The molecule has 23 heavy (non-hydrogen) atoms. The second-order valence-corrected chi connectivity index (χ2v) is 6.22. The van der Waals surface area contributed by atoms with E-state index in [1.165, 1.54) is 12.5 Å². The van der Waals surface area contributed by atoms with Crippen LogP contribution in [0.2, 0.25) is 0 Å². The van der Waals surface area contributed by atoms with Crippen molar-refractivity contribution in [2.24, 2.45) is 0 Å². The van der Waals surface area contributed by atoms with Gasteiger partial charge >= 0.3 is 0 Å². The highest BCUT2D eigenvalue weighted by atomic mass is 16.2. The number of aromatic amines is 1. The van der Waals surface area contributed by atoms with Crippen molar-refractivity contribution in [3.63, 3.8) is 0 Å². The lowest BCUT2D eigenvalue weighted by molar-refractivity contribution is -0.121. The first-order valence-corrected chi connectivity index (χ1v) is 8.25. The number of hydrogen-bond donors (Lipinski definition) is 3. The number of carbonyl (C=O) groups is 2. The number of amides is 2. The van der Waals surface area contributed by atoms with Crippen molar-refractivity contribution in [1.29, 1.82) is 0 Å². The second kappa shape index (κ2) is 7.94. The van der Waals surface area contributed by atoms with Crippen LogP contribution in [0, 0.1) is 13.8 Å². The van der Waals surface area contributed by atoms with E-state index >= 15 is 0 Å². The Bertz CT molecular complexity index is 630. The highest BCUT2D eigenvalue weighted by Gasteiger charge is 2.17. The monoisotopic (exact) mass is 319 g/mol. The average Bonchev–Trinajstić information content (AvgIpc) is 2.47. The third-order valence-corrected chi connectivity index (χ3v) is 4.19. The lowest BCUT2D eigenvalue weighted by Gasteiger charge is -2.22. The van der Waals surface area contributed by atoms with E-state index in [1.54, 1.807) is 13.8 Å². The van der Waals surface area contributed by atoms with Gasteiger partial charge in [0.05, 0.1) is 0 Å². The van der Waals surface area contributed by atoms with Crippen LogP contribution in [0.4, 0.5) is 0 Å². The van der Waals surface area contributed by atoms with Crippen molar-refractivity contribution < 1.29 is 9.59 Å². The molecule has 1 aliphatic rings. The molecule has 0 unspecified atom stereocenters. The van der Waals surface area contributed by atoms with Crippen LogP contribution in [0.5, 0.6) is 0 Å². The van der Waals surface area contributed by atoms with Crippen molar-refractivity contribution in [3.05, 3.63) is 33.2 Å². The zero-order chi connectivity index (χ0) is 16.8. The Labute approximate surface area is 136 Å². The third-order valence-electron chi connectivity index (χ3n) is 4.19. The summed E-state index contributed by atoms with van der Waals surface area (Å²) in [5, 5.41) is 5.65. The first kappa shape index (κ1) is 17.2. The van der Waals surface area contributed by atoms with Crippen molar-refractivity contribution in [3.8, 4) is 0 Å². The topological polar surface area (TPSA) is 91.1 Å². The largest absolute Gasteiger partial charge is 0.362 e. The molecule has 1 heterocycles. The average molecular weight is 319 g/mol. The summed E-state index contributed by atoms with van der Waals surface area (Å²) in [5.41, 5.74) is 1.07. The normalized spacial score (nSPS) is 15.2. The summed E-state index contributed by atoms with van der Waals surface area (Å²) >= 11 is 0. The molecule has 3 N–H and O–H groups in total. The SMILES string of the molecule is Cc1cc(=O)c(C(=O)NCCC(=O)NC2CCCCC2)c(C)[nH]1. The molecule has 0 saturated heterocycles. The summed E-state index contributed by atoms with van der Waals surface area (Å²) in [4.78, 5) is 38.9. The van der Waals surface area contributed by atoms with Gasteiger partial charge in [-0.2, -0.15) is 0 Å². The fraction of sp³-hybridized carbons (Fsp3) is 0.588. The highest BCUT2D eigenvalue weighted by Crippen LogP contribution is 2.17. The van der Waals surface area contributed by atoms with Gasteiger partial charge in [-0.25, -0.2) is 0 Å². The van der Waals surface area contributed by atoms with Gasteiger partial charge in [0.15, 0.2) is 5.43 Å². The molecule has 0 spiro atoms. The molecule has 0 radical (unpaired) electrons. The van der Waals surface area contributed by atoms with E-state index in [-0.39, 0.29) is 35.9 Å². The lowest BCUT2D eigenvalue weighted by atomic mass is 9.95. The highest BCUT2D eigenvalue weighted by molar-refractivity contribution is 5.95. The Kier molecular flexibility index (Phi) is 5.96. The Hall–Kier alpha value is -2.11. The maximum absolute atomic E-state index is 12.1. The summed E-state index contributed by atoms with van der Waals surface area (Å²) in [6, 6.07) is 1.67. The second-order valence-electron chi connectivity index (χ2n) is 6.22. The molecule has 1 aromatic rings. The summed E-state index contributed by atoms with van der Waals surface area (Å²) < 4.78 is 0. The molecule has 1 aliphatic carbocycles. The molecule has 1 aromatic heterocycles.